The van der Waals surface area contributed by atoms with Gasteiger partial charge in [0.2, 0.25) is 0 Å². The molecule has 0 bridgehead atoms. The van der Waals surface area contributed by atoms with Crippen molar-refractivity contribution in [3.05, 3.63) is 30.0 Å². The van der Waals surface area contributed by atoms with Gasteiger partial charge in [-0.3, -0.25) is 0 Å². The van der Waals surface area contributed by atoms with Crippen LogP contribution in [-0.2, 0) is 0 Å². The molecule has 0 unspecified atom stereocenters. The first-order chi connectivity index (χ1) is 7.61. The van der Waals surface area contributed by atoms with Crippen LogP contribution in [0.15, 0.2) is 24.3 Å². The van der Waals surface area contributed by atoms with Crippen molar-refractivity contribution in [3.63, 3.8) is 0 Å². The predicted molar refractivity (Wildman–Crippen MR) is 56.9 cm³/mol. The van der Waals surface area contributed by atoms with E-state index in [2.05, 4.69) is 4.98 Å². The van der Waals surface area contributed by atoms with Crippen molar-refractivity contribution in [3.8, 4) is 11.5 Å². The first-order valence-electron chi connectivity index (χ1n) is 4.53. The zero-order valence-electron chi connectivity index (χ0n) is 8.47. The fraction of sp³-hybridized carbons (Fsp3) is 0.0909. The summed E-state index contributed by atoms with van der Waals surface area (Å²) >= 11 is 0. The second kappa shape index (κ2) is 3.69. The van der Waals surface area contributed by atoms with Gasteiger partial charge in [-0.05, 0) is 18.2 Å². The summed E-state index contributed by atoms with van der Waals surface area (Å²) in [7, 11) is 1.43. The molecule has 1 aromatic heterocycles. The molecule has 0 aliphatic heterocycles. The number of pyridine rings is 1. The van der Waals surface area contributed by atoms with Crippen molar-refractivity contribution in [1.29, 1.82) is 0 Å². The van der Waals surface area contributed by atoms with Crippen LogP contribution in [0, 0.1) is 0 Å². The summed E-state index contributed by atoms with van der Waals surface area (Å²) in [5.41, 5.74) is 0.379. The Hall–Kier alpha value is -2.30. The van der Waals surface area contributed by atoms with Gasteiger partial charge in [-0.15, -0.1) is 0 Å². The zero-order valence-corrected chi connectivity index (χ0v) is 8.47. The molecule has 1 aromatic carbocycles. The van der Waals surface area contributed by atoms with Crippen molar-refractivity contribution < 1.29 is 19.7 Å². The Morgan fingerprint density at radius 3 is 2.75 bits per heavy atom. The highest BCUT2D eigenvalue weighted by molar-refractivity contribution is 5.93. The van der Waals surface area contributed by atoms with Crippen molar-refractivity contribution >= 4 is 16.9 Å². The maximum Gasteiger partial charge on any atom is 0.354 e. The number of carboxylic acids is 1. The van der Waals surface area contributed by atoms with Gasteiger partial charge in [0.1, 0.15) is 11.5 Å². The minimum Gasteiger partial charge on any atom is -0.508 e. The molecule has 0 spiro atoms. The Balaban J connectivity index is 2.78. The second-order valence-corrected chi connectivity index (χ2v) is 3.22. The normalized spacial score (nSPS) is 10.3. The van der Waals surface area contributed by atoms with Gasteiger partial charge in [-0.2, -0.15) is 0 Å². The van der Waals surface area contributed by atoms with Gasteiger partial charge in [-0.1, -0.05) is 0 Å². The van der Waals surface area contributed by atoms with E-state index in [0.29, 0.717) is 16.7 Å². The largest absolute Gasteiger partial charge is 0.508 e. The maximum atomic E-state index is 10.8. The van der Waals surface area contributed by atoms with Gasteiger partial charge < -0.3 is 14.9 Å². The number of fused-ring (bicyclic) bond motifs is 1. The van der Waals surface area contributed by atoms with Crippen molar-refractivity contribution in [2.24, 2.45) is 0 Å². The molecule has 0 atom stereocenters. The summed E-state index contributed by atoms with van der Waals surface area (Å²) in [6, 6.07) is 5.79. The van der Waals surface area contributed by atoms with Crippen LogP contribution in [0.4, 0.5) is 0 Å². The Morgan fingerprint density at radius 1 is 1.38 bits per heavy atom. The molecule has 5 heteroatoms. The van der Waals surface area contributed by atoms with Crippen molar-refractivity contribution in [1.82, 2.24) is 4.98 Å². The average molecular weight is 219 g/mol. The van der Waals surface area contributed by atoms with Gasteiger partial charge in [0.05, 0.1) is 12.6 Å². The molecule has 0 amide bonds. The highest BCUT2D eigenvalue weighted by Crippen LogP contribution is 2.28. The zero-order chi connectivity index (χ0) is 11.7. The Morgan fingerprint density at radius 2 is 2.12 bits per heavy atom. The lowest BCUT2D eigenvalue weighted by molar-refractivity contribution is 0.0690. The summed E-state index contributed by atoms with van der Waals surface area (Å²) in [6.07, 6.45) is 0. The van der Waals surface area contributed by atoms with Crippen LogP contribution in [0.5, 0.6) is 11.5 Å². The third-order valence-electron chi connectivity index (χ3n) is 2.19. The molecule has 0 saturated carbocycles. The number of carbonyl (C=O) groups is 1. The van der Waals surface area contributed by atoms with E-state index in [1.54, 1.807) is 6.07 Å². The summed E-state index contributed by atoms with van der Waals surface area (Å²) in [5, 5.41) is 18.8. The van der Waals surface area contributed by atoms with Crippen molar-refractivity contribution in [2.45, 2.75) is 0 Å². The first-order valence-corrected chi connectivity index (χ1v) is 4.53. The van der Waals surface area contributed by atoms with E-state index >= 15 is 0 Å². The van der Waals surface area contributed by atoms with Crippen LogP contribution >= 0.6 is 0 Å². The molecule has 0 aliphatic carbocycles. The minimum absolute atomic E-state index is 0.0793. The van der Waals surface area contributed by atoms with Gasteiger partial charge in [0, 0.05) is 11.5 Å². The Bertz CT molecular complexity index is 565. The Labute approximate surface area is 90.9 Å². The molecule has 2 rings (SSSR count). The van der Waals surface area contributed by atoms with E-state index < -0.39 is 5.97 Å². The molecule has 2 aromatic rings. The number of aromatic nitrogens is 1. The topological polar surface area (TPSA) is 79.7 Å². The standard InChI is InChI=1S/C11H9NO4/c1-16-10-5-9(11(14)15)12-8-3-2-6(13)4-7(8)10/h2-5,13H,1H3,(H,14,15). The summed E-state index contributed by atoms with van der Waals surface area (Å²) in [6.45, 7) is 0. The van der Waals surface area contributed by atoms with E-state index in [0.717, 1.165) is 0 Å². The molecular weight excluding hydrogens is 210 g/mol. The number of aromatic carboxylic acids is 1. The van der Waals surface area contributed by atoms with Gasteiger partial charge in [0.25, 0.3) is 0 Å². The average Bonchev–Trinajstić information content (AvgIpc) is 2.27. The number of phenols is 1. The summed E-state index contributed by atoms with van der Waals surface area (Å²) < 4.78 is 5.06. The molecule has 0 aliphatic rings. The number of hydrogen-bond donors (Lipinski definition) is 2. The van der Waals surface area contributed by atoms with Gasteiger partial charge >= 0.3 is 5.97 Å². The number of methoxy groups -OCH3 is 1. The predicted octanol–water partition coefficient (Wildman–Crippen LogP) is 1.65. The first kappa shape index (κ1) is 10.2. The van der Waals surface area contributed by atoms with Crippen LogP contribution in [-0.4, -0.2) is 28.3 Å². The second-order valence-electron chi connectivity index (χ2n) is 3.22. The van der Waals surface area contributed by atoms with Gasteiger partial charge in [-0.25, -0.2) is 9.78 Å². The molecule has 0 saturated heterocycles. The van der Waals surface area contributed by atoms with Crippen LogP contribution in [0.2, 0.25) is 0 Å². The summed E-state index contributed by atoms with van der Waals surface area (Å²) in [4.78, 5) is 14.7. The van der Waals surface area contributed by atoms with E-state index in [-0.39, 0.29) is 11.4 Å². The fourth-order valence-electron chi connectivity index (χ4n) is 1.46. The maximum absolute atomic E-state index is 10.8. The third-order valence-corrected chi connectivity index (χ3v) is 2.19. The molecule has 5 nitrogen and oxygen atoms in total. The van der Waals surface area contributed by atoms with Crippen LogP contribution in [0.1, 0.15) is 10.5 Å². The molecule has 16 heavy (non-hydrogen) atoms. The lowest BCUT2D eigenvalue weighted by Gasteiger charge is -2.06. The monoisotopic (exact) mass is 219 g/mol. The number of nitrogens with zero attached hydrogens (tertiary/aromatic N) is 1. The number of phenolic OH excluding ortho intramolecular Hbond substituents is 1. The van der Waals surface area contributed by atoms with Crippen LogP contribution < -0.4 is 4.74 Å². The highest BCUT2D eigenvalue weighted by Gasteiger charge is 2.11. The Kier molecular flexibility index (Phi) is 2.36. The molecule has 0 fully saturated rings. The molecular formula is C11H9NO4. The van der Waals surface area contributed by atoms with E-state index in [9.17, 15) is 9.90 Å². The quantitative estimate of drug-likeness (QED) is 0.802. The van der Waals surface area contributed by atoms with Crippen LogP contribution in [0.25, 0.3) is 10.9 Å². The lowest BCUT2D eigenvalue weighted by Crippen LogP contribution is -2.01. The molecule has 1 heterocycles. The smallest absolute Gasteiger partial charge is 0.354 e. The highest BCUT2D eigenvalue weighted by atomic mass is 16.5. The number of ether oxygens (including phenoxy) is 1. The molecule has 82 valence electrons. The van der Waals surface area contributed by atoms with E-state index in [4.69, 9.17) is 9.84 Å². The fourth-order valence-corrected chi connectivity index (χ4v) is 1.46. The van der Waals surface area contributed by atoms with Crippen molar-refractivity contribution in [2.75, 3.05) is 7.11 Å². The number of carboxylic acid groups (broad SMARTS) is 1. The number of rotatable bonds is 2. The minimum atomic E-state index is -1.12. The SMILES string of the molecule is COc1cc(C(=O)O)nc2ccc(O)cc12. The molecule has 2 N–H and O–H groups in total. The van der Waals surface area contributed by atoms with E-state index in [1.165, 1.54) is 25.3 Å². The number of aromatic hydroxyl groups is 1. The van der Waals surface area contributed by atoms with Crippen LogP contribution in [0.3, 0.4) is 0 Å². The van der Waals surface area contributed by atoms with Gasteiger partial charge in [0.15, 0.2) is 5.69 Å². The summed E-state index contributed by atoms with van der Waals surface area (Å²) in [5.74, 6) is -0.665. The number of hydrogen-bond acceptors (Lipinski definition) is 4. The third kappa shape index (κ3) is 1.63. The van der Waals surface area contributed by atoms with E-state index in [1.807, 2.05) is 0 Å². The lowest BCUT2D eigenvalue weighted by atomic mass is 10.1. The molecule has 0 radical (unpaired) electrons. The number of benzene rings is 1.